The molecule has 0 spiro atoms. The summed E-state index contributed by atoms with van der Waals surface area (Å²) in [5.74, 6) is -1.56. The molecule has 0 bridgehead atoms. The van der Waals surface area contributed by atoms with E-state index in [4.69, 9.17) is 4.74 Å². The topological polar surface area (TPSA) is 77.2 Å². The second kappa shape index (κ2) is 8.99. The van der Waals surface area contributed by atoms with Crippen molar-refractivity contribution in [1.82, 2.24) is 24.6 Å². The number of anilines is 2. The molecule has 4 aromatic rings. The van der Waals surface area contributed by atoms with Crippen LogP contribution >= 0.6 is 0 Å². The first-order valence-corrected chi connectivity index (χ1v) is 10.3. The highest BCUT2D eigenvalue weighted by molar-refractivity contribution is 5.83. The molecule has 0 amide bonds. The molecule has 0 fully saturated rings. The monoisotopic (exact) mass is 454 g/mol. The van der Waals surface area contributed by atoms with E-state index in [1.807, 2.05) is 0 Å². The van der Waals surface area contributed by atoms with Crippen LogP contribution in [-0.4, -0.2) is 46.6 Å². The maximum Gasteiger partial charge on any atom is 0.265 e. The Labute approximate surface area is 189 Å². The third kappa shape index (κ3) is 4.05. The number of hydrogen-bond donors (Lipinski definition) is 1. The van der Waals surface area contributed by atoms with E-state index >= 15 is 8.78 Å². The summed E-state index contributed by atoms with van der Waals surface area (Å²) < 4.78 is 38.5. The number of halogens is 2. The normalized spacial score (nSPS) is 11.2. The van der Waals surface area contributed by atoms with Gasteiger partial charge in [0.2, 0.25) is 0 Å². The predicted octanol–water partition coefficient (Wildman–Crippen LogP) is 3.07. The summed E-state index contributed by atoms with van der Waals surface area (Å²) in [5, 5.41) is 7.41. The van der Waals surface area contributed by atoms with Crippen molar-refractivity contribution >= 4 is 22.3 Å². The summed E-state index contributed by atoms with van der Waals surface area (Å²) in [5.41, 5.74) is 1.18. The van der Waals surface area contributed by atoms with Crippen LogP contribution < -0.4 is 20.5 Å². The van der Waals surface area contributed by atoms with Gasteiger partial charge < -0.3 is 15.0 Å². The van der Waals surface area contributed by atoms with Gasteiger partial charge in [-0.25, -0.2) is 13.8 Å². The first-order valence-electron chi connectivity index (χ1n) is 10.3. The Kier molecular flexibility index (Phi) is 6.10. The van der Waals surface area contributed by atoms with Gasteiger partial charge in [-0.15, -0.1) is 0 Å². The van der Waals surface area contributed by atoms with Crippen LogP contribution in [0.4, 0.5) is 20.2 Å². The smallest absolute Gasteiger partial charge is 0.265 e. The summed E-state index contributed by atoms with van der Waals surface area (Å²) in [6, 6.07) is 6.27. The number of nitrogens with zero attached hydrogens (tertiary/aromatic N) is 5. The van der Waals surface area contributed by atoms with Crippen LogP contribution in [-0.2, 0) is 7.05 Å². The van der Waals surface area contributed by atoms with Crippen LogP contribution in [0.3, 0.4) is 0 Å². The molecular formula is C23H24F2N6O2. The maximum atomic E-state index is 15.2. The molecule has 172 valence electrons. The molecule has 0 saturated heterocycles. The van der Waals surface area contributed by atoms with E-state index in [9.17, 15) is 4.79 Å². The Morgan fingerprint density at radius 3 is 2.67 bits per heavy atom. The molecule has 0 saturated carbocycles. The molecule has 0 unspecified atom stereocenters. The molecule has 2 heterocycles. The third-order valence-corrected chi connectivity index (χ3v) is 5.42. The van der Waals surface area contributed by atoms with Crippen molar-refractivity contribution in [1.29, 1.82) is 0 Å². The van der Waals surface area contributed by atoms with E-state index in [1.165, 1.54) is 29.0 Å². The fourth-order valence-corrected chi connectivity index (χ4v) is 3.70. The van der Waals surface area contributed by atoms with Crippen molar-refractivity contribution in [3.63, 3.8) is 0 Å². The number of nitrogens with one attached hydrogen (secondary N) is 1. The van der Waals surface area contributed by atoms with Gasteiger partial charge in [0.15, 0.2) is 17.4 Å². The van der Waals surface area contributed by atoms with Gasteiger partial charge in [0.1, 0.15) is 12.0 Å². The molecular weight excluding hydrogens is 430 g/mol. The fraction of sp³-hybridized carbons (Fsp3) is 0.261. The minimum absolute atomic E-state index is 0.0558. The van der Waals surface area contributed by atoms with Crippen molar-refractivity contribution in [3.8, 4) is 11.4 Å². The molecule has 8 nitrogen and oxygen atoms in total. The number of rotatable bonds is 7. The second-order valence-electron chi connectivity index (χ2n) is 7.62. The van der Waals surface area contributed by atoms with Gasteiger partial charge in [0, 0.05) is 32.0 Å². The lowest BCUT2D eigenvalue weighted by Gasteiger charge is -2.27. The SMILES string of the molecule is CNCCN(c1ccc2ncn(-c3cnn(C)c3)c(=O)c2c1)c1c(F)c(C)cc(OC)c1F. The van der Waals surface area contributed by atoms with E-state index in [1.54, 1.807) is 56.3 Å². The molecule has 2 aromatic carbocycles. The lowest BCUT2D eigenvalue weighted by Crippen LogP contribution is -2.29. The molecule has 0 aliphatic rings. The van der Waals surface area contributed by atoms with Gasteiger partial charge in [-0.1, -0.05) is 0 Å². The minimum atomic E-state index is -0.809. The van der Waals surface area contributed by atoms with Gasteiger partial charge in [-0.05, 0) is 43.8 Å². The average molecular weight is 454 g/mol. The predicted molar refractivity (Wildman–Crippen MR) is 123 cm³/mol. The van der Waals surface area contributed by atoms with Gasteiger partial charge in [0.05, 0.1) is 29.9 Å². The number of aryl methyl sites for hydroxylation is 2. The zero-order valence-electron chi connectivity index (χ0n) is 18.8. The quantitative estimate of drug-likeness (QED) is 0.463. The van der Waals surface area contributed by atoms with Crippen LogP contribution in [0, 0.1) is 18.6 Å². The fourth-order valence-electron chi connectivity index (χ4n) is 3.70. The van der Waals surface area contributed by atoms with Crippen molar-refractivity contribution < 1.29 is 13.5 Å². The van der Waals surface area contributed by atoms with Gasteiger partial charge >= 0.3 is 0 Å². The number of ether oxygens (including phenoxy) is 1. The number of aromatic nitrogens is 4. The van der Waals surface area contributed by atoms with E-state index in [0.717, 1.165) is 0 Å². The zero-order valence-corrected chi connectivity index (χ0v) is 18.8. The van der Waals surface area contributed by atoms with Crippen molar-refractivity contribution in [2.45, 2.75) is 6.92 Å². The van der Waals surface area contributed by atoms with E-state index in [2.05, 4.69) is 15.4 Å². The average Bonchev–Trinajstić information content (AvgIpc) is 3.24. The Hall–Kier alpha value is -3.79. The highest BCUT2D eigenvalue weighted by atomic mass is 19.1. The van der Waals surface area contributed by atoms with Gasteiger partial charge in [-0.3, -0.25) is 14.0 Å². The Morgan fingerprint density at radius 1 is 1.21 bits per heavy atom. The Balaban J connectivity index is 1.91. The summed E-state index contributed by atoms with van der Waals surface area (Å²) in [4.78, 5) is 19.1. The Morgan fingerprint density at radius 2 is 2.00 bits per heavy atom. The number of hydrogen-bond acceptors (Lipinski definition) is 6. The van der Waals surface area contributed by atoms with Crippen LogP contribution in [0.1, 0.15) is 5.56 Å². The first kappa shape index (κ1) is 22.4. The van der Waals surface area contributed by atoms with Gasteiger partial charge in [0.25, 0.3) is 5.56 Å². The van der Waals surface area contributed by atoms with Crippen LogP contribution in [0.25, 0.3) is 16.6 Å². The lowest BCUT2D eigenvalue weighted by atomic mass is 10.1. The number of benzene rings is 2. The van der Waals surface area contributed by atoms with E-state index < -0.39 is 11.6 Å². The third-order valence-electron chi connectivity index (χ3n) is 5.42. The minimum Gasteiger partial charge on any atom is -0.494 e. The lowest BCUT2D eigenvalue weighted by molar-refractivity contribution is 0.384. The zero-order chi connectivity index (χ0) is 23.7. The van der Waals surface area contributed by atoms with Gasteiger partial charge in [-0.2, -0.15) is 5.10 Å². The molecule has 0 aliphatic heterocycles. The molecule has 10 heteroatoms. The first-order chi connectivity index (χ1) is 15.8. The highest BCUT2D eigenvalue weighted by Crippen LogP contribution is 2.37. The maximum absolute atomic E-state index is 15.2. The number of methoxy groups -OCH3 is 1. The summed E-state index contributed by atoms with van der Waals surface area (Å²) in [7, 11) is 4.83. The largest absolute Gasteiger partial charge is 0.494 e. The van der Waals surface area contributed by atoms with Crippen molar-refractivity contribution in [2.75, 3.05) is 32.1 Å². The molecule has 0 aliphatic carbocycles. The Bertz CT molecular complexity index is 1380. The standard InChI is InChI=1S/C23H24F2N6O2/c1-14-9-19(33-4)21(25)22(20(14)24)30(8-7-26-2)15-5-6-18-17(10-15)23(32)31(13-27-18)16-11-28-29(3)12-16/h5-6,9-13,26H,7-8H2,1-4H3. The van der Waals surface area contributed by atoms with E-state index in [0.29, 0.717) is 28.8 Å². The van der Waals surface area contributed by atoms with Crippen LogP contribution in [0.5, 0.6) is 5.75 Å². The molecule has 4 rings (SSSR count). The highest BCUT2D eigenvalue weighted by Gasteiger charge is 2.24. The molecule has 0 radical (unpaired) electrons. The second-order valence-corrected chi connectivity index (χ2v) is 7.62. The molecule has 1 N–H and O–H groups in total. The van der Waals surface area contributed by atoms with Crippen molar-refractivity contribution in [2.24, 2.45) is 7.05 Å². The molecule has 33 heavy (non-hydrogen) atoms. The number of fused-ring (bicyclic) bond motifs is 1. The van der Waals surface area contributed by atoms with E-state index in [-0.39, 0.29) is 29.1 Å². The van der Waals surface area contributed by atoms with Crippen LogP contribution in [0.15, 0.2) is 47.8 Å². The van der Waals surface area contributed by atoms with Crippen LogP contribution in [0.2, 0.25) is 0 Å². The summed E-state index contributed by atoms with van der Waals surface area (Å²) >= 11 is 0. The number of likely N-dealkylation sites (N-methyl/N-ethyl adjacent to an activating group) is 1. The summed E-state index contributed by atoms with van der Waals surface area (Å²) in [6.45, 7) is 2.24. The summed E-state index contributed by atoms with van der Waals surface area (Å²) in [6.07, 6.45) is 4.69. The van der Waals surface area contributed by atoms with Crippen molar-refractivity contribution in [3.05, 3.63) is 70.5 Å². The molecule has 0 atom stereocenters. The molecule has 2 aromatic heterocycles.